The summed E-state index contributed by atoms with van der Waals surface area (Å²) >= 11 is 5.98. The van der Waals surface area contributed by atoms with Crippen molar-refractivity contribution in [3.63, 3.8) is 0 Å². The van der Waals surface area contributed by atoms with E-state index >= 15 is 0 Å². The Morgan fingerprint density at radius 3 is 2.64 bits per heavy atom. The first-order valence-electron chi connectivity index (χ1n) is 4.88. The highest BCUT2D eigenvalue weighted by Crippen LogP contribution is 2.34. The Labute approximate surface area is 88.4 Å². The number of methoxy groups -OCH3 is 1. The van der Waals surface area contributed by atoms with Crippen LogP contribution in [0.15, 0.2) is 6.07 Å². The van der Waals surface area contributed by atoms with E-state index in [2.05, 4.69) is 10.2 Å². The average Bonchev–Trinajstić information content (AvgIpc) is 2.70. The van der Waals surface area contributed by atoms with Gasteiger partial charge in [0, 0.05) is 5.92 Å². The molecule has 0 amide bonds. The molecule has 0 radical (unpaired) electrons. The summed E-state index contributed by atoms with van der Waals surface area (Å²) in [4.78, 5) is 0. The van der Waals surface area contributed by atoms with Crippen LogP contribution < -0.4 is 4.74 Å². The highest BCUT2D eigenvalue weighted by Gasteiger charge is 2.19. The lowest BCUT2D eigenvalue weighted by atomic mass is 10.0. The van der Waals surface area contributed by atoms with E-state index in [-0.39, 0.29) is 0 Å². The Bertz CT molecular complexity index is 324. The van der Waals surface area contributed by atoms with E-state index in [1.807, 2.05) is 6.07 Å². The van der Waals surface area contributed by atoms with Gasteiger partial charge in [-0.05, 0) is 18.9 Å². The van der Waals surface area contributed by atoms with Crippen molar-refractivity contribution in [1.82, 2.24) is 10.2 Å². The number of ether oxygens (including phenoxy) is 1. The van der Waals surface area contributed by atoms with Gasteiger partial charge in [-0.3, -0.25) is 0 Å². The molecule has 0 saturated heterocycles. The second-order valence-electron chi connectivity index (χ2n) is 3.61. The quantitative estimate of drug-likeness (QED) is 0.756. The molecule has 1 aromatic heterocycles. The van der Waals surface area contributed by atoms with Gasteiger partial charge < -0.3 is 4.74 Å². The molecule has 14 heavy (non-hydrogen) atoms. The lowest BCUT2D eigenvalue weighted by molar-refractivity contribution is 0.390. The van der Waals surface area contributed by atoms with E-state index in [4.69, 9.17) is 16.3 Å². The minimum atomic E-state index is 0.411. The van der Waals surface area contributed by atoms with Gasteiger partial charge in [-0.1, -0.05) is 24.4 Å². The third kappa shape index (κ3) is 1.82. The maximum absolute atomic E-state index is 5.98. The van der Waals surface area contributed by atoms with Gasteiger partial charge in [0.05, 0.1) is 12.8 Å². The summed E-state index contributed by atoms with van der Waals surface area (Å²) in [6.07, 6.45) is 4.99. The van der Waals surface area contributed by atoms with Crippen LogP contribution in [0.25, 0.3) is 0 Å². The predicted octanol–water partition coefficient (Wildman–Crippen LogP) is 2.80. The van der Waals surface area contributed by atoms with Crippen LogP contribution in [-0.4, -0.2) is 17.3 Å². The summed E-state index contributed by atoms with van der Waals surface area (Å²) < 4.78 is 4.96. The number of aromatic nitrogens is 2. The van der Waals surface area contributed by atoms with E-state index in [0.717, 1.165) is 5.69 Å². The molecule has 0 unspecified atom stereocenters. The fraction of sp³-hybridized carbons (Fsp3) is 0.600. The summed E-state index contributed by atoms with van der Waals surface area (Å²) in [5, 5.41) is 8.63. The molecule has 0 spiro atoms. The molecule has 2 rings (SSSR count). The summed E-state index contributed by atoms with van der Waals surface area (Å²) in [5.41, 5.74) is 1.01. The number of nitrogens with zero attached hydrogens (tertiary/aromatic N) is 2. The van der Waals surface area contributed by atoms with Crippen LogP contribution in [0.5, 0.6) is 5.88 Å². The smallest absolute Gasteiger partial charge is 0.252 e. The van der Waals surface area contributed by atoms with Crippen molar-refractivity contribution in [3.8, 4) is 5.88 Å². The number of halogens is 1. The van der Waals surface area contributed by atoms with Crippen molar-refractivity contribution in [2.75, 3.05) is 7.11 Å². The van der Waals surface area contributed by atoms with Crippen molar-refractivity contribution in [1.29, 1.82) is 0 Å². The van der Waals surface area contributed by atoms with Gasteiger partial charge in [0.1, 0.15) is 5.02 Å². The fourth-order valence-electron chi connectivity index (χ4n) is 1.93. The molecule has 76 valence electrons. The SMILES string of the molecule is COc1nnc(C2CCCC2)cc1Cl. The van der Waals surface area contributed by atoms with Gasteiger partial charge >= 0.3 is 0 Å². The van der Waals surface area contributed by atoms with E-state index in [1.165, 1.54) is 25.7 Å². The Morgan fingerprint density at radius 1 is 1.36 bits per heavy atom. The van der Waals surface area contributed by atoms with Crippen LogP contribution >= 0.6 is 11.6 Å². The standard InChI is InChI=1S/C10H13ClN2O/c1-14-10-8(11)6-9(12-13-10)7-4-2-3-5-7/h6-7H,2-5H2,1H3. The first-order valence-corrected chi connectivity index (χ1v) is 5.26. The Hall–Kier alpha value is -0.830. The van der Waals surface area contributed by atoms with Gasteiger partial charge in [-0.25, -0.2) is 0 Å². The predicted molar refractivity (Wildman–Crippen MR) is 54.8 cm³/mol. The van der Waals surface area contributed by atoms with Crippen LogP contribution in [0.2, 0.25) is 5.02 Å². The van der Waals surface area contributed by atoms with Crippen molar-refractivity contribution in [2.45, 2.75) is 31.6 Å². The normalized spacial score (nSPS) is 17.3. The van der Waals surface area contributed by atoms with E-state index in [9.17, 15) is 0 Å². The first kappa shape index (κ1) is 9.71. The maximum atomic E-state index is 5.98. The van der Waals surface area contributed by atoms with Crippen molar-refractivity contribution >= 4 is 11.6 Å². The molecule has 0 aromatic carbocycles. The molecule has 0 bridgehead atoms. The molecular formula is C10H13ClN2O. The van der Waals surface area contributed by atoms with Crippen LogP contribution in [0.1, 0.15) is 37.3 Å². The van der Waals surface area contributed by atoms with Crippen molar-refractivity contribution in [3.05, 3.63) is 16.8 Å². The van der Waals surface area contributed by atoms with E-state index in [0.29, 0.717) is 16.8 Å². The lowest BCUT2D eigenvalue weighted by Gasteiger charge is -2.08. The van der Waals surface area contributed by atoms with Gasteiger partial charge in [0.2, 0.25) is 0 Å². The molecule has 3 nitrogen and oxygen atoms in total. The molecule has 1 saturated carbocycles. The highest BCUT2D eigenvalue weighted by molar-refractivity contribution is 6.31. The molecule has 0 atom stereocenters. The van der Waals surface area contributed by atoms with E-state index in [1.54, 1.807) is 7.11 Å². The highest BCUT2D eigenvalue weighted by atomic mass is 35.5. The van der Waals surface area contributed by atoms with Crippen molar-refractivity contribution < 1.29 is 4.74 Å². The third-order valence-electron chi connectivity index (χ3n) is 2.70. The van der Waals surface area contributed by atoms with Crippen LogP contribution in [0.3, 0.4) is 0 Å². The molecule has 1 fully saturated rings. The summed E-state index contributed by atoms with van der Waals surface area (Å²) in [6, 6.07) is 1.88. The van der Waals surface area contributed by atoms with Gasteiger partial charge in [0.25, 0.3) is 5.88 Å². The maximum Gasteiger partial charge on any atom is 0.252 e. The zero-order valence-corrected chi connectivity index (χ0v) is 8.92. The molecule has 1 aliphatic carbocycles. The van der Waals surface area contributed by atoms with Crippen molar-refractivity contribution in [2.24, 2.45) is 0 Å². The summed E-state index contributed by atoms with van der Waals surface area (Å²) in [7, 11) is 1.55. The number of hydrogen-bond donors (Lipinski definition) is 0. The van der Waals surface area contributed by atoms with E-state index < -0.39 is 0 Å². The zero-order valence-electron chi connectivity index (χ0n) is 8.16. The van der Waals surface area contributed by atoms with Gasteiger partial charge in [0.15, 0.2) is 0 Å². The number of hydrogen-bond acceptors (Lipinski definition) is 3. The molecule has 1 aromatic rings. The Balaban J connectivity index is 2.23. The molecule has 0 N–H and O–H groups in total. The van der Waals surface area contributed by atoms with Gasteiger partial charge in [-0.15, -0.1) is 5.10 Å². The summed E-state index contributed by atoms with van der Waals surface area (Å²) in [5.74, 6) is 0.958. The van der Waals surface area contributed by atoms with Crippen LogP contribution in [-0.2, 0) is 0 Å². The third-order valence-corrected chi connectivity index (χ3v) is 2.97. The summed E-state index contributed by atoms with van der Waals surface area (Å²) in [6.45, 7) is 0. The van der Waals surface area contributed by atoms with Crippen LogP contribution in [0.4, 0.5) is 0 Å². The monoisotopic (exact) mass is 212 g/mol. The molecule has 0 aliphatic heterocycles. The topological polar surface area (TPSA) is 35.0 Å². The van der Waals surface area contributed by atoms with Gasteiger partial charge in [-0.2, -0.15) is 5.10 Å². The minimum Gasteiger partial charge on any atom is -0.479 e. The zero-order chi connectivity index (χ0) is 9.97. The molecule has 4 heteroatoms. The minimum absolute atomic E-state index is 0.411. The van der Waals surface area contributed by atoms with Crippen LogP contribution in [0, 0.1) is 0 Å². The second-order valence-corrected chi connectivity index (χ2v) is 4.01. The Kier molecular flexibility index (Phi) is 2.87. The Morgan fingerprint density at radius 2 is 2.07 bits per heavy atom. The average molecular weight is 213 g/mol. The molecular weight excluding hydrogens is 200 g/mol. The largest absolute Gasteiger partial charge is 0.479 e. The second kappa shape index (κ2) is 4.13. The lowest BCUT2D eigenvalue weighted by Crippen LogP contribution is -2.00. The molecule has 1 heterocycles. The fourth-order valence-corrected chi connectivity index (χ4v) is 2.16. The first-order chi connectivity index (χ1) is 6.81. The molecule has 1 aliphatic rings. The number of rotatable bonds is 2.